The normalized spacial score (nSPS) is 11.4. The zero-order valence-corrected chi connectivity index (χ0v) is 19.3. The van der Waals surface area contributed by atoms with E-state index in [-0.39, 0.29) is 27.4 Å². The molecule has 0 bridgehead atoms. The molecule has 1 N–H and O–H groups in total. The smallest absolute Gasteiger partial charge is 0.264 e. The van der Waals surface area contributed by atoms with Gasteiger partial charge in [0.15, 0.2) is 10.9 Å². The summed E-state index contributed by atoms with van der Waals surface area (Å²) in [5.41, 5.74) is 0.297. The van der Waals surface area contributed by atoms with E-state index in [1.807, 2.05) is 14.1 Å². The van der Waals surface area contributed by atoms with E-state index in [0.29, 0.717) is 18.1 Å². The summed E-state index contributed by atoms with van der Waals surface area (Å²) in [4.78, 5) is 33.0. The third-order valence-electron chi connectivity index (χ3n) is 4.00. The molecule has 0 aliphatic carbocycles. The number of carbonyl (C=O) groups is 2. The lowest BCUT2D eigenvalue weighted by Crippen LogP contribution is -2.15. The molecule has 0 unspecified atom stereocenters. The van der Waals surface area contributed by atoms with E-state index in [4.69, 9.17) is 4.74 Å². The van der Waals surface area contributed by atoms with Gasteiger partial charge in [0.1, 0.15) is 10.7 Å². The van der Waals surface area contributed by atoms with Crippen LogP contribution in [0.4, 0.5) is 5.82 Å². The summed E-state index contributed by atoms with van der Waals surface area (Å²) in [6.07, 6.45) is 4.36. The van der Waals surface area contributed by atoms with Crippen molar-refractivity contribution in [3.63, 3.8) is 0 Å². The lowest BCUT2D eigenvalue weighted by atomic mass is 10.2. The van der Waals surface area contributed by atoms with Gasteiger partial charge in [0.05, 0.1) is 18.6 Å². The Morgan fingerprint density at radius 2 is 1.87 bits per heavy atom. The number of nitrogens with zero attached hydrogens (tertiary/aromatic N) is 3. The maximum atomic E-state index is 12.5. The van der Waals surface area contributed by atoms with Gasteiger partial charge in [0.25, 0.3) is 10.0 Å². The van der Waals surface area contributed by atoms with Crippen LogP contribution in [-0.2, 0) is 14.8 Å². The van der Waals surface area contributed by atoms with E-state index in [0.717, 1.165) is 31.1 Å². The minimum atomic E-state index is -3.89. The Hall–Kier alpha value is -2.50. The quantitative estimate of drug-likeness (QED) is 0.372. The molecule has 11 heteroatoms. The second kappa shape index (κ2) is 11.8. The van der Waals surface area contributed by atoms with Crippen molar-refractivity contribution in [2.45, 2.75) is 24.7 Å². The summed E-state index contributed by atoms with van der Waals surface area (Å²) in [7, 11) is 0.125. The summed E-state index contributed by atoms with van der Waals surface area (Å²) in [6, 6.07) is 5.75. The summed E-state index contributed by atoms with van der Waals surface area (Å²) in [5, 5.41) is -0.153. The summed E-state index contributed by atoms with van der Waals surface area (Å²) in [5.74, 6) is 0.173. The Bertz CT molecular complexity index is 978. The van der Waals surface area contributed by atoms with E-state index in [9.17, 15) is 18.0 Å². The van der Waals surface area contributed by atoms with Crippen LogP contribution in [0.1, 0.15) is 30.1 Å². The predicted molar refractivity (Wildman–Crippen MR) is 120 cm³/mol. The molecule has 9 nitrogen and oxygen atoms in total. The van der Waals surface area contributed by atoms with E-state index in [2.05, 4.69) is 19.6 Å². The van der Waals surface area contributed by atoms with Gasteiger partial charge in [0.2, 0.25) is 5.88 Å². The zero-order chi connectivity index (χ0) is 22.9. The van der Waals surface area contributed by atoms with Crippen LogP contribution in [-0.4, -0.2) is 67.2 Å². The van der Waals surface area contributed by atoms with Crippen molar-refractivity contribution in [2.75, 3.05) is 37.7 Å². The molecule has 0 fully saturated rings. The van der Waals surface area contributed by atoms with Crippen molar-refractivity contribution in [3.05, 3.63) is 42.2 Å². The number of pyridine rings is 2. The molecule has 0 saturated carbocycles. The highest BCUT2D eigenvalue weighted by Crippen LogP contribution is 2.17. The number of sulfonamides is 1. The predicted octanol–water partition coefficient (Wildman–Crippen LogP) is 2.46. The van der Waals surface area contributed by atoms with E-state index in [1.165, 1.54) is 43.6 Å². The van der Waals surface area contributed by atoms with Crippen LogP contribution in [0.15, 0.2) is 41.6 Å². The average Bonchev–Trinajstić information content (AvgIpc) is 2.72. The van der Waals surface area contributed by atoms with Crippen LogP contribution in [0.25, 0.3) is 0 Å². The number of nitrogens with one attached hydrogen (secondary N) is 1. The highest BCUT2D eigenvalue weighted by atomic mass is 32.2. The molecule has 31 heavy (non-hydrogen) atoms. The van der Waals surface area contributed by atoms with Crippen LogP contribution in [0, 0.1) is 0 Å². The number of unbranched alkanes of at least 4 members (excludes halogenated alkanes) is 1. The summed E-state index contributed by atoms with van der Waals surface area (Å²) in [6.45, 7) is 2.86. The molecule has 2 aromatic rings. The lowest BCUT2D eigenvalue weighted by molar-refractivity contribution is -0.109. The SMILES string of the molecule is CC(=O)SCC(=O)c1ccc(NS(=O)(=O)c2ccc(OCCCCN(C)C)nc2)nc1. The highest BCUT2D eigenvalue weighted by Gasteiger charge is 2.16. The molecule has 0 radical (unpaired) electrons. The molecule has 0 saturated heterocycles. The van der Waals surface area contributed by atoms with Gasteiger partial charge >= 0.3 is 0 Å². The Morgan fingerprint density at radius 3 is 2.45 bits per heavy atom. The van der Waals surface area contributed by atoms with Crippen LogP contribution in [0.3, 0.4) is 0 Å². The number of rotatable bonds is 12. The van der Waals surface area contributed by atoms with E-state index >= 15 is 0 Å². The molecule has 2 aromatic heterocycles. The zero-order valence-electron chi connectivity index (χ0n) is 17.7. The number of hydrogen-bond acceptors (Lipinski definition) is 9. The number of ketones is 1. The number of ether oxygens (including phenoxy) is 1. The van der Waals surface area contributed by atoms with Crippen LogP contribution >= 0.6 is 11.8 Å². The topological polar surface area (TPSA) is 119 Å². The maximum Gasteiger partial charge on any atom is 0.264 e. The Labute approximate surface area is 186 Å². The van der Waals surface area contributed by atoms with Gasteiger partial charge in [-0.05, 0) is 51.7 Å². The molecule has 0 amide bonds. The first-order chi connectivity index (χ1) is 14.7. The second-order valence-corrected chi connectivity index (χ2v) is 9.77. The van der Waals surface area contributed by atoms with Crippen molar-refractivity contribution in [1.29, 1.82) is 0 Å². The van der Waals surface area contributed by atoms with Gasteiger partial charge in [-0.1, -0.05) is 11.8 Å². The molecule has 0 spiro atoms. The Morgan fingerprint density at radius 1 is 1.10 bits per heavy atom. The first-order valence-corrected chi connectivity index (χ1v) is 12.0. The molecule has 2 rings (SSSR count). The number of thioether (sulfide) groups is 1. The standard InChI is InChI=1S/C20H26N4O5S2/c1-15(25)30-14-18(26)16-6-8-19(21-12-16)23-31(27,28)17-7-9-20(22-13-17)29-11-5-4-10-24(2)3/h6-9,12-13H,4-5,10-11,14H2,1-3H3,(H,21,23). The molecule has 0 aliphatic rings. The van der Waals surface area contributed by atoms with Crippen LogP contribution in [0.5, 0.6) is 5.88 Å². The van der Waals surface area contributed by atoms with Gasteiger partial charge in [-0.2, -0.15) is 0 Å². The average molecular weight is 467 g/mol. The molecule has 168 valence electrons. The third kappa shape index (κ3) is 8.64. The molecule has 0 aliphatic heterocycles. The summed E-state index contributed by atoms with van der Waals surface area (Å²) >= 11 is 0.908. The van der Waals surface area contributed by atoms with Crippen molar-refractivity contribution in [2.24, 2.45) is 0 Å². The Kier molecular flexibility index (Phi) is 9.41. The van der Waals surface area contributed by atoms with Crippen LogP contribution in [0.2, 0.25) is 0 Å². The van der Waals surface area contributed by atoms with Gasteiger partial charge in [-0.15, -0.1) is 0 Å². The first kappa shape index (κ1) is 24.8. The van der Waals surface area contributed by atoms with Crippen molar-refractivity contribution in [1.82, 2.24) is 14.9 Å². The third-order valence-corrected chi connectivity index (χ3v) is 6.15. The van der Waals surface area contributed by atoms with Crippen LogP contribution < -0.4 is 9.46 Å². The molecule has 0 atom stereocenters. The minimum Gasteiger partial charge on any atom is -0.478 e. The lowest BCUT2D eigenvalue weighted by Gasteiger charge is -2.10. The minimum absolute atomic E-state index is 0.0117. The number of anilines is 1. The van der Waals surface area contributed by atoms with E-state index in [1.54, 1.807) is 0 Å². The second-order valence-electron chi connectivity index (χ2n) is 6.93. The number of aromatic nitrogens is 2. The number of carbonyl (C=O) groups excluding carboxylic acids is 2. The van der Waals surface area contributed by atoms with Gasteiger partial charge < -0.3 is 9.64 Å². The van der Waals surface area contributed by atoms with Crippen molar-refractivity contribution >= 4 is 38.5 Å². The molecule has 0 aromatic carbocycles. The molecular formula is C20H26N4O5S2. The molecular weight excluding hydrogens is 440 g/mol. The maximum absolute atomic E-state index is 12.5. The van der Waals surface area contributed by atoms with Gasteiger partial charge in [0, 0.05) is 24.8 Å². The van der Waals surface area contributed by atoms with E-state index < -0.39 is 10.0 Å². The Balaban J connectivity index is 1.91. The van der Waals surface area contributed by atoms with Crippen molar-refractivity contribution < 1.29 is 22.7 Å². The first-order valence-electron chi connectivity index (χ1n) is 9.56. The fourth-order valence-corrected chi connectivity index (χ4v) is 3.84. The largest absolute Gasteiger partial charge is 0.478 e. The molecule has 2 heterocycles. The monoisotopic (exact) mass is 466 g/mol. The van der Waals surface area contributed by atoms with Gasteiger partial charge in [-0.3, -0.25) is 14.3 Å². The van der Waals surface area contributed by atoms with Gasteiger partial charge in [-0.25, -0.2) is 18.4 Å². The van der Waals surface area contributed by atoms with Crippen molar-refractivity contribution in [3.8, 4) is 5.88 Å². The highest BCUT2D eigenvalue weighted by molar-refractivity contribution is 8.14. The fourth-order valence-electron chi connectivity index (χ4n) is 2.38. The summed E-state index contributed by atoms with van der Waals surface area (Å²) < 4.78 is 32.9. The fraction of sp³-hybridized carbons (Fsp3) is 0.400. The number of hydrogen-bond donors (Lipinski definition) is 1. The number of Topliss-reactive ketones (excluding diaryl/α,β-unsaturated/α-hetero) is 1.